The summed E-state index contributed by atoms with van der Waals surface area (Å²) in [6.45, 7) is 3.89. The molecule has 0 bridgehead atoms. The van der Waals surface area contributed by atoms with E-state index in [1.54, 1.807) is 0 Å². The van der Waals surface area contributed by atoms with Crippen molar-refractivity contribution in [2.24, 2.45) is 0 Å². The summed E-state index contributed by atoms with van der Waals surface area (Å²) in [5.41, 5.74) is 0. The lowest BCUT2D eigenvalue weighted by atomic mass is 10.0. The first kappa shape index (κ1) is 17.2. The molecular formula is C18H34O3. The SMILES string of the molecule is C(CCCC1CCO1)CCOCCCCCCC1CCO1. The Kier molecular flexibility index (Phi) is 9.40. The van der Waals surface area contributed by atoms with Gasteiger partial charge in [-0.15, -0.1) is 0 Å². The van der Waals surface area contributed by atoms with Gasteiger partial charge in [0.2, 0.25) is 0 Å². The molecule has 2 heterocycles. The summed E-state index contributed by atoms with van der Waals surface area (Å²) in [5, 5.41) is 0. The van der Waals surface area contributed by atoms with Gasteiger partial charge in [0, 0.05) is 26.4 Å². The number of hydrogen-bond donors (Lipinski definition) is 0. The molecule has 3 heteroatoms. The Morgan fingerprint density at radius 2 is 1.05 bits per heavy atom. The van der Waals surface area contributed by atoms with Crippen molar-refractivity contribution in [1.29, 1.82) is 0 Å². The van der Waals surface area contributed by atoms with E-state index < -0.39 is 0 Å². The van der Waals surface area contributed by atoms with E-state index in [0.717, 1.165) is 26.4 Å². The quantitative estimate of drug-likeness (QED) is 0.442. The maximum atomic E-state index is 5.70. The third kappa shape index (κ3) is 8.18. The van der Waals surface area contributed by atoms with Crippen LogP contribution in [-0.2, 0) is 14.2 Å². The van der Waals surface area contributed by atoms with Crippen molar-refractivity contribution in [3.8, 4) is 0 Å². The van der Waals surface area contributed by atoms with Crippen LogP contribution < -0.4 is 0 Å². The molecule has 0 amide bonds. The third-order valence-corrected chi connectivity index (χ3v) is 4.72. The van der Waals surface area contributed by atoms with Crippen LogP contribution in [0.15, 0.2) is 0 Å². The van der Waals surface area contributed by atoms with E-state index in [2.05, 4.69) is 0 Å². The third-order valence-electron chi connectivity index (χ3n) is 4.72. The number of hydrogen-bond acceptors (Lipinski definition) is 3. The van der Waals surface area contributed by atoms with Crippen LogP contribution >= 0.6 is 0 Å². The first-order valence-corrected chi connectivity index (χ1v) is 9.26. The van der Waals surface area contributed by atoms with E-state index in [0.29, 0.717) is 12.2 Å². The van der Waals surface area contributed by atoms with Crippen LogP contribution in [0.2, 0.25) is 0 Å². The van der Waals surface area contributed by atoms with Gasteiger partial charge < -0.3 is 14.2 Å². The summed E-state index contributed by atoms with van der Waals surface area (Å²) in [6, 6.07) is 0. The van der Waals surface area contributed by atoms with E-state index in [9.17, 15) is 0 Å². The lowest BCUT2D eigenvalue weighted by Crippen LogP contribution is -2.26. The molecule has 0 saturated carbocycles. The zero-order valence-corrected chi connectivity index (χ0v) is 13.7. The van der Waals surface area contributed by atoms with E-state index in [-0.39, 0.29) is 0 Å². The summed E-state index contributed by atoms with van der Waals surface area (Å²) >= 11 is 0. The molecule has 124 valence electrons. The molecule has 2 aliphatic heterocycles. The molecule has 0 aromatic carbocycles. The highest BCUT2D eigenvalue weighted by atomic mass is 16.5. The largest absolute Gasteiger partial charge is 0.381 e. The first-order chi connectivity index (χ1) is 10.4. The number of unbranched alkanes of at least 4 members (excludes halogenated alkanes) is 6. The fourth-order valence-corrected chi connectivity index (χ4v) is 2.99. The zero-order chi connectivity index (χ0) is 14.6. The molecule has 21 heavy (non-hydrogen) atoms. The second-order valence-corrected chi connectivity index (χ2v) is 6.58. The summed E-state index contributed by atoms with van der Waals surface area (Å²) in [7, 11) is 0. The molecule has 0 N–H and O–H groups in total. The molecule has 2 rings (SSSR count). The van der Waals surface area contributed by atoms with Crippen LogP contribution in [0.4, 0.5) is 0 Å². The van der Waals surface area contributed by atoms with Crippen LogP contribution in [0.25, 0.3) is 0 Å². The molecule has 0 aromatic heterocycles. The van der Waals surface area contributed by atoms with Crippen LogP contribution in [0.5, 0.6) is 0 Å². The predicted molar refractivity (Wildman–Crippen MR) is 85.7 cm³/mol. The van der Waals surface area contributed by atoms with Crippen molar-refractivity contribution in [2.45, 2.75) is 89.3 Å². The Hall–Kier alpha value is -0.120. The fourth-order valence-electron chi connectivity index (χ4n) is 2.99. The Balaban J connectivity index is 1.19. The van der Waals surface area contributed by atoms with Gasteiger partial charge in [-0.2, -0.15) is 0 Å². The maximum Gasteiger partial charge on any atom is 0.0597 e. The van der Waals surface area contributed by atoms with Gasteiger partial charge in [-0.05, 0) is 38.5 Å². The van der Waals surface area contributed by atoms with Gasteiger partial charge in [0.1, 0.15) is 0 Å². The van der Waals surface area contributed by atoms with Gasteiger partial charge >= 0.3 is 0 Å². The zero-order valence-electron chi connectivity index (χ0n) is 13.7. The molecule has 0 aromatic rings. The highest BCUT2D eigenvalue weighted by Gasteiger charge is 2.17. The number of ether oxygens (including phenoxy) is 3. The monoisotopic (exact) mass is 298 g/mol. The Morgan fingerprint density at radius 3 is 1.43 bits per heavy atom. The maximum absolute atomic E-state index is 5.70. The first-order valence-electron chi connectivity index (χ1n) is 9.26. The lowest BCUT2D eigenvalue weighted by Gasteiger charge is -2.26. The molecule has 0 radical (unpaired) electrons. The Bertz CT molecular complexity index is 213. The standard InChI is InChI=1S/C18H34O3/c1(5-9-17-11-15-20-17)3-7-13-19-14-8-4-2-6-10-18-12-16-21-18/h17-18H,1-16H2. The Morgan fingerprint density at radius 1 is 0.619 bits per heavy atom. The van der Waals surface area contributed by atoms with Crippen molar-refractivity contribution < 1.29 is 14.2 Å². The number of rotatable bonds is 14. The van der Waals surface area contributed by atoms with Gasteiger partial charge in [-0.3, -0.25) is 0 Å². The highest BCUT2D eigenvalue weighted by Crippen LogP contribution is 2.19. The minimum Gasteiger partial charge on any atom is -0.381 e. The molecule has 0 spiro atoms. The van der Waals surface area contributed by atoms with Crippen LogP contribution in [0.3, 0.4) is 0 Å². The molecule has 2 saturated heterocycles. The van der Waals surface area contributed by atoms with Gasteiger partial charge in [0.15, 0.2) is 0 Å². The fraction of sp³-hybridized carbons (Fsp3) is 1.00. The van der Waals surface area contributed by atoms with E-state index in [4.69, 9.17) is 14.2 Å². The van der Waals surface area contributed by atoms with Crippen LogP contribution in [-0.4, -0.2) is 38.6 Å². The minimum atomic E-state index is 0.595. The molecule has 2 atom stereocenters. The van der Waals surface area contributed by atoms with E-state index in [1.807, 2.05) is 0 Å². The summed E-state index contributed by atoms with van der Waals surface area (Å²) in [5.74, 6) is 0. The Labute approximate surface area is 130 Å². The lowest BCUT2D eigenvalue weighted by molar-refractivity contribution is -0.0557. The average molecular weight is 298 g/mol. The predicted octanol–water partition coefficient (Wildman–Crippen LogP) is 4.48. The van der Waals surface area contributed by atoms with Gasteiger partial charge in [0.25, 0.3) is 0 Å². The van der Waals surface area contributed by atoms with Crippen molar-refractivity contribution in [3.05, 3.63) is 0 Å². The van der Waals surface area contributed by atoms with Crippen LogP contribution in [0, 0.1) is 0 Å². The van der Waals surface area contributed by atoms with Crippen molar-refractivity contribution in [3.63, 3.8) is 0 Å². The molecule has 2 aliphatic rings. The molecule has 2 fully saturated rings. The summed E-state index contributed by atoms with van der Waals surface area (Å²) < 4.78 is 16.5. The topological polar surface area (TPSA) is 27.7 Å². The van der Waals surface area contributed by atoms with Gasteiger partial charge in [0.05, 0.1) is 12.2 Å². The van der Waals surface area contributed by atoms with Gasteiger partial charge in [-0.25, -0.2) is 0 Å². The highest BCUT2D eigenvalue weighted by molar-refractivity contribution is 4.66. The van der Waals surface area contributed by atoms with Crippen molar-refractivity contribution in [2.75, 3.05) is 26.4 Å². The molecule has 3 nitrogen and oxygen atoms in total. The summed E-state index contributed by atoms with van der Waals surface area (Å²) in [6.07, 6.45) is 16.7. The van der Waals surface area contributed by atoms with E-state index >= 15 is 0 Å². The van der Waals surface area contributed by atoms with Crippen molar-refractivity contribution in [1.82, 2.24) is 0 Å². The van der Waals surface area contributed by atoms with E-state index in [1.165, 1.54) is 77.0 Å². The second kappa shape index (κ2) is 11.4. The second-order valence-electron chi connectivity index (χ2n) is 6.58. The molecular weight excluding hydrogens is 264 g/mol. The normalized spacial score (nSPS) is 24.6. The molecule has 0 aliphatic carbocycles. The smallest absolute Gasteiger partial charge is 0.0597 e. The summed E-state index contributed by atoms with van der Waals surface area (Å²) in [4.78, 5) is 0. The average Bonchev–Trinajstić information content (AvgIpc) is 2.39. The minimum absolute atomic E-state index is 0.595. The van der Waals surface area contributed by atoms with Crippen molar-refractivity contribution >= 4 is 0 Å². The molecule has 2 unspecified atom stereocenters. The van der Waals surface area contributed by atoms with Crippen LogP contribution in [0.1, 0.15) is 77.0 Å². The van der Waals surface area contributed by atoms with Gasteiger partial charge in [-0.1, -0.05) is 38.5 Å².